The third-order valence-electron chi connectivity index (χ3n) is 5.98. The Morgan fingerprint density at radius 1 is 1.24 bits per heavy atom. The maximum absolute atomic E-state index is 10.4. The van der Waals surface area contributed by atoms with E-state index in [2.05, 4.69) is 18.2 Å². The lowest BCUT2D eigenvalue weighted by atomic mass is 9.84. The molecule has 0 amide bonds. The van der Waals surface area contributed by atoms with Crippen LogP contribution in [0.3, 0.4) is 0 Å². The Bertz CT molecular complexity index is 510. The van der Waals surface area contributed by atoms with Crippen LogP contribution >= 0.6 is 0 Å². The van der Waals surface area contributed by atoms with Gasteiger partial charge in [-0.1, -0.05) is 18.6 Å². The first-order valence-electron chi connectivity index (χ1n) is 8.70. The number of ether oxygens (including phenoxy) is 1. The fourth-order valence-corrected chi connectivity index (χ4v) is 4.86. The molecule has 0 saturated heterocycles. The number of aryl methyl sites for hydroxylation is 1. The lowest BCUT2D eigenvalue weighted by Gasteiger charge is -2.24. The Hall–Kier alpha value is -1.02. The summed E-state index contributed by atoms with van der Waals surface area (Å²) < 4.78 is 5.55. The van der Waals surface area contributed by atoms with Crippen LogP contribution in [0.4, 0.5) is 0 Å². The smallest absolute Gasteiger partial charge is 0.122 e. The van der Waals surface area contributed by atoms with Crippen LogP contribution in [0.25, 0.3) is 0 Å². The van der Waals surface area contributed by atoms with Crippen molar-refractivity contribution in [2.24, 2.45) is 17.8 Å². The zero-order valence-corrected chi connectivity index (χ0v) is 12.8. The zero-order valence-electron chi connectivity index (χ0n) is 12.8. The van der Waals surface area contributed by atoms with Crippen molar-refractivity contribution < 1.29 is 9.84 Å². The first kappa shape index (κ1) is 13.6. The normalized spacial score (nSPS) is 31.2. The fourth-order valence-electron chi connectivity index (χ4n) is 4.86. The lowest BCUT2D eigenvalue weighted by molar-refractivity contribution is 0.117. The van der Waals surface area contributed by atoms with Crippen molar-refractivity contribution in [3.05, 3.63) is 29.3 Å². The van der Waals surface area contributed by atoms with Gasteiger partial charge in [-0.05, 0) is 73.5 Å². The molecule has 2 heteroatoms. The summed E-state index contributed by atoms with van der Waals surface area (Å²) in [7, 11) is 0. The molecule has 2 bridgehead atoms. The first-order valence-corrected chi connectivity index (χ1v) is 8.70. The zero-order chi connectivity index (χ0) is 14.2. The molecule has 1 N–H and O–H groups in total. The molecular formula is C19H26O2. The van der Waals surface area contributed by atoms with E-state index in [1.807, 2.05) is 0 Å². The Labute approximate surface area is 127 Å². The summed E-state index contributed by atoms with van der Waals surface area (Å²) in [5.41, 5.74) is 2.70. The summed E-state index contributed by atoms with van der Waals surface area (Å²) in [6, 6.07) is 6.53. The molecular weight excluding hydrogens is 260 g/mol. The number of aliphatic hydroxyl groups is 1. The second kappa shape index (κ2) is 5.64. The Morgan fingerprint density at radius 3 is 3.00 bits per heavy atom. The van der Waals surface area contributed by atoms with E-state index in [9.17, 15) is 5.11 Å². The SMILES string of the molecule is OC(CCc1ccc2c(c1)CCO2)CC1CC2CCC1C2. The predicted molar refractivity (Wildman–Crippen MR) is 83.5 cm³/mol. The van der Waals surface area contributed by atoms with Gasteiger partial charge in [-0.2, -0.15) is 0 Å². The van der Waals surface area contributed by atoms with Gasteiger partial charge in [0.05, 0.1) is 12.7 Å². The van der Waals surface area contributed by atoms with Gasteiger partial charge in [0.1, 0.15) is 5.75 Å². The third kappa shape index (κ3) is 2.83. The van der Waals surface area contributed by atoms with E-state index in [1.165, 1.54) is 36.8 Å². The van der Waals surface area contributed by atoms with E-state index in [1.54, 1.807) is 0 Å². The minimum atomic E-state index is -0.112. The minimum absolute atomic E-state index is 0.112. The molecule has 2 aliphatic carbocycles. The van der Waals surface area contributed by atoms with Gasteiger partial charge >= 0.3 is 0 Å². The summed E-state index contributed by atoms with van der Waals surface area (Å²) in [6.45, 7) is 0.825. The van der Waals surface area contributed by atoms with Crippen molar-refractivity contribution in [1.29, 1.82) is 0 Å². The van der Waals surface area contributed by atoms with Crippen molar-refractivity contribution in [3.63, 3.8) is 0 Å². The van der Waals surface area contributed by atoms with Gasteiger partial charge in [-0.25, -0.2) is 0 Å². The highest BCUT2D eigenvalue weighted by atomic mass is 16.5. The maximum atomic E-state index is 10.4. The quantitative estimate of drug-likeness (QED) is 0.893. The lowest BCUT2D eigenvalue weighted by Crippen LogP contribution is -2.19. The summed E-state index contributed by atoms with van der Waals surface area (Å²) >= 11 is 0. The second-order valence-corrected chi connectivity index (χ2v) is 7.40. The van der Waals surface area contributed by atoms with Crippen LogP contribution in [-0.4, -0.2) is 17.8 Å². The summed E-state index contributed by atoms with van der Waals surface area (Å²) in [6.07, 6.45) is 9.58. The van der Waals surface area contributed by atoms with Crippen LogP contribution in [0.15, 0.2) is 18.2 Å². The highest BCUT2D eigenvalue weighted by molar-refractivity contribution is 5.39. The van der Waals surface area contributed by atoms with Gasteiger partial charge in [0.15, 0.2) is 0 Å². The summed E-state index contributed by atoms with van der Waals surface area (Å²) in [4.78, 5) is 0. The predicted octanol–water partition coefficient (Wildman–Crippen LogP) is 3.74. The van der Waals surface area contributed by atoms with E-state index in [4.69, 9.17) is 4.74 Å². The molecule has 4 unspecified atom stereocenters. The van der Waals surface area contributed by atoms with Gasteiger partial charge in [0.25, 0.3) is 0 Å². The number of hydrogen-bond acceptors (Lipinski definition) is 2. The average Bonchev–Trinajstić information content (AvgIpc) is 3.20. The van der Waals surface area contributed by atoms with Crippen LogP contribution in [0.2, 0.25) is 0 Å². The van der Waals surface area contributed by atoms with Gasteiger partial charge in [-0.3, -0.25) is 0 Å². The van der Waals surface area contributed by atoms with E-state index >= 15 is 0 Å². The van der Waals surface area contributed by atoms with E-state index < -0.39 is 0 Å². The monoisotopic (exact) mass is 286 g/mol. The van der Waals surface area contributed by atoms with Crippen LogP contribution in [0.5, 0.6) is 5.75 Å². The minimum Gasteiger partial charge on any atom is -0.493 e. The largest absolute Gasteiger partial charge is 0.493 e. The van der Waals surface area contributed by atoms with Crippen LogP contribution < -0.4 is 4.74 Å². The van der Waals surface area contributed by atoms with E-state index in [-0.39, 0.29) is 6.10 Å². The molecule has 0 radical (unpaired) electrons. The first-order chi connectivity index (χ1) is 10.3. The molecule has 1 aromatic carbocycles. The van der Waals surface area contributed by atoms with Crippen LogP contribution in [0, 0.1) is 17.8 Å². The molecule has 0 spiro atoms. The topological polar surface area (TPSA) is 29.5 Å². The van der Waals surface area contributed by atoms with Crippen molar-refractivity contribution >= 4 is 0 Å². The van der Waals surface area contributed by atoms with Crippen molar-refractivity contribution in [3.8, 4) is 5.75 Å². The fraction of sp³-hybridized carbons (Fsp3) is 0.684. The van der Waals surface area contributed by atoms with Crippen molar-refractivity contribution in [2.75, 3.05) is 6.61 Å². The van der Waals surface area contributed by atoms with Gasteiger partial charge in [0.2, 0.25) is 0 Å². The molecule has 1 heterocycles. The molecule has 2 saturated carbocycles. The summed E-state index contributed by atoms with van der Waals surface area (Å²) in [5.74, 6) is 3.79. The number of aliphatic hydroxyl groups excluding tert-OH is 1. The number of hydrogen-bond donors (Lipinski definition) is 1. The standard InChI is InChI=1S/C19H26O2/c20-18(12-17-11-14-1-4-15(17)10-14)5-2-13-3-6-19-16(9-13)7-8-21-19/h3,6,9,14-15,17-18,20H,1-2,4-5,7-8,10-12H2. The summed E-state index contributed by atoms with van der Waals surface area (Å²) in [5, 5.41) is 10.4. The second-order valence-electron chi connectivity index (χ2n) is 7.40. The van der Waals surface area contributed by atoms with Crippen molar-refractivity contribution in [2.45, 2.75) is 57.5 Å². The van der Waals surface area contributed by atoms with Gasteiger partial charge in [-0.15, -0.1) is 0 Å². The van der Waals surface area contributed by atoms with Crippen LogP contribution in [-0.2, 0) is 12.8 Å². The van der Waals surface area contributed by atoms with Gasteiger partial charge < -0.3 is 9.84 Å². The van der Waals surface area contributed by atoms with Crippen molar-refractivity contribution in [1.82, 2.24) is 0 Å². The highest BCUT2D eigenvalue weighted by Gasteiger charge is 2.39. The maximum Gasteiger partial charge on any atom is 0.122 e. The number of fused-ring (bicyclic) bond motifs is 3. The molecule has 3 aliphatic rings. The molecule has 21 heavy (non-hydrogen) atoms. The Morgan fingerprint density at radius 2 is 2.19 bits per heavy atom. The van der Waals surface area contributed by atoms with E-state index in [0.717, 1.165) is 55.8 Å². The number of benzene rings is 1. The van der Waals surface area contributed by atoms with Gasteiger partial charge in [0, 0.05) is 6.42 Å². The Balaban J connectivity index is 1.28. The average molecular weight is 286 g/mol. The molecule has 0 aromatic heterocycles. The van der Waals surface area contributed by atoms with E-state index in [0.29, 0.717) is 0 Å². The molecule has 2 fully saturated rings. The number of rotatable bonds is 5. The molecule has 4 atom stereocenters. The Kier molecular flexibility index (Phi) is 3.66. The van der Waals surface area contributed by atoms with Crippen LogP contribution in [0.1, 0.15) is 49.7 Å². The molecule has 2 nitrogen and oxygen atoms in total. The molecule has 114 valence electrons. The molecule has 1 aliphatic heterocycles. The molecule has 4 rings (SSSR count). The third-order valence-corrected chi connectivity index (χ3v) is 5.98. The highest BCUT2D eigenvalue weighted by Crippen LogP contribution is 2.50. The molecule has 1 aromatic rings.